The Morgan fingerprint density at radius 3 is 2.90 bits per heavy atom. The Kier molecular flexibility index (Phi) is 2.23. The smallest absolute Gasteiger partial charge is 0.123 e. The van der Waals surface area contributed by atoms with Gasteiger partial charge in [-0.25, -0.2) is 4.98 Å². The zero-order chi connectivity index (χ0) is 7.40. The van der Waals surface area contributed by atoms with Gasteiger partial charge in [-0.2, -0.15) is 0 Å². The molecule has 0 aliphatic carbocycles. The van der Waals surface area contributed by atoms with Crippen LogP contribution in [-0.4, -0.2) is 12.0 Å². The molecule has 0 spiro atoms. The monoisotopic (exact) mass is 137 g/mol. The molecule has 0 bridgehead atoms. The van der Waals surface area contributed by atoms with Gasteiger partial charge in [0.25, 0.3) is 0 Å². The molecule has 1 aromatic heterocycles. The van der Waals surface area contributed by atoms with E-state index in [0.29, 0.717) is 5.82 Å². The van der Waals surface area contributed by atoms with Crippen molar-refractivity contribution in [2.75, 3.05) is 12.8 Å². The second-order valence-electron chi connectivity index (χ2n) is 2.12. The number of nitrogens with two attached hydrogens (primary N) is 1. The molecule has 0 saturated heterocycles. The lowest BCUT2D eigenvalue weighted by atomic mass is 10.3. The molecule has 3 N–H and O–H groups in total. The summed E-state index contributed by atoms with van der Waals surface area (Å²) in [4.78, 5) is 3.94. The predicted molar refractivity (Wildman–Crippen MR) is 41.4 cm³/mol. The fourth-order valence-corrected chi connectivity index (χ4v) is 0.745. The predicted octanol–water partition coefficient (Wildman–Crippen LogP) is 0.383. The van der Waals surface area contributed by atoms with Crippen LogP contribution >= 0.6 is 0 Å². The molecule has 0 aliphatic heterocycles. The number of aromatic nitrogens is 1. The lowest BCUT2D eigenvalue weighted by Crippen LogP contribution is -2.05. The first kappa shape index (κ1) is 7.02. The molecule has 10 heavy (non-hydrogen) atoms. The molecule has 0 aliphatic rings. The minimum Gasteiger partial charge on any atom is -0.384 e. The van der Waals surface area contributed by atoms with E-state index >= 15 is 0 Å². The summed E-state index contributed by atoms with van der Waals surface area (Å²) in [6.45, 7) is 0.841. The molecule has 0 atom stereocenters. The molecule has 0 saturated carbocycles. The van der Waals surface area contributed by atoms with Crippen molar-refractivity contribution in [3.63, 3.8) is 0 Å². The van der Waals surface area contributed by atoms with Gasteiger partial charge in [-0.1, -0.05) is 6.07 Å². The van der Waals surface area contributed by atoms with E-state index in [-0.39, 0.29) is 0 Å². The van der Waals surface area contributed by atoms with Crippen LogP contribution in [0.5, 0.6) is 0 Å². The highest BCUT2D eigenvalue weighted by Crippen LogP contribution is 1.99. The number of nitrogen functional groups attached to an aromatic ring is 1. The van der Waals surface area contributed by atoms with Crippen molar-refractivity contribution in [3.05, 3.63) is 23.9 Å². The number of pyridine rings is 1. The molecule has 0 radical (unpaired) electrons. The highest BCUT2D eigenvalue weighted by atomic mass is 14.8. The third-order valence-corrected chi connectivity index (χ3v) is 1.23. The molecular weight excluding hydrogens is 126 g/mol. The number of hydrogen-bond donors (Lipinski definition) is 2. The molecule has 0 aromatic carbocycles. The Morgan fingerprint density at radius 1 is 1.60 bits per heavy atom. The zero-order valence-corrected chi connectivity index (χ0v) is 5.96. The van der Waals surface area contributed by atoms with Crippen molar-refractivity contribution in [1.82, 2.24) is 10.3 Å². The van der Waals surface area contributed by atoms with E-state index in [4.69, 9.17) is 5.73 Å². The van der Waals surface area contributed by atoms with Gasteiger partial charge in [0.2, 0.25) is 0 Å². The van der Waals surface area contributed by atoms with E-state index in [1.54, 1.807) is 12.3 Å². The van der Waals surface area contributed by atoms with Gasteiger partial charge in [0.1, 0.15) is 5.82 Å². The average molecular weight is 137 g/mol. The van der Waals surface area contributed by atoms with Crippen molar-refractivity contribution in [2.24, 2.45) is 0 Å². The van der Waals surface area contributed by atoms with Gasteiger partial charge in [-0.3, -0.25) is 0 Å². The Balaban J connectivity index is 2.69. The van der Waals surface area contributed by atoms with Crippen LogP contribution in [0.3, 0.4) is 0 Å². The highest BCUT2D eigenvalue weighted by Gasteiger charge is 1.88. The van der Waals surface area contributed by atoms with Gasteiger partial charge in [0, 0.05) is 12.7 Å². The maximum atomic E-state index is 5.39. The maximum absolute atomic E-state index is 5.39. The second kappa shape index (κ2) is 3.17. The zero-order valence-electron chi connectivity index (χ0n) is 5.96. The van der Waals surface area contributed by atoms with E-state index < -0.39 is 0 Å². The number of nitrogens with zero attached hydrogens (tertiary/aromatic N) is 1. The minimum absolute atomic E-state index is 0.569. The molecule has 1 rings (SSSR count). The summed E-state index contributed by atoms with van der Waals surface area (Å²) in [6, 6.07) is 3.76. The van der Waals surface area contributed by atoms with Crippen LogP contribution in [0.1, 0.15) is 5.56 Å². The van der Waals surface area contributed by atoms with Crippen LogP contribution in [-0.2, 0) is 6.54 Å². The number of rotatable bonds is 2. The molecular formula is C7H11N3. The first-order chi connectivity index (χ1) is 4.83. The van der Waals surface area contributed by atoms with Crippen LogP contribution in [0.25, 0.3) is 0 Å². The third-order valence-electron chi connectivity index (χ3n) is 1.23. The number of anilines is 1. The van der Waals surface area contributed by atoms with E-state index in [1.807, 2.05) is 13.1 Å². The first-order valence-electron chi connectivity index (χ1n) is 3.18. The normalized spacial score (nSPS) is 9.70. The molecule has 3 nitrogen and oxygen atoms in total. The van der Waals surface area contributed by atoms with Crippen molar-refractivity contribution >= 4 is 5.82 Å². The van der Waals surface area contributed by atoms with Crippen molar-refractivity contribution in [2.45, 2.75) is 6.54 Å². The first-order valence-corrected chi connectivity index (χ1v) is 3.18. The van der Waals surface area contributed by atoms with Crippen molar-refractivity contribution in [1.29, 1.82) is 0 Å². The second-order valence-corrected chi connectivity index (χ2v) is 2.12. The van der Waals surface area contributed by atoms with Crippen LogP contribution in [0.15, 0.2) is 18.3 Å². The summed E-state index contributed by atoms with van der Waals surface area (Å²) in [7, 11) is 1.90. The van der Waals surface area contributed by atoms with Crippen molar-refractivity contribution < 1.29 is 0 Å². The van der Waals surface area contributed by atoms with Crippen LogP contribution in [0, 0.1) is 0 Å². The van der Waals surface area contributed by atoms with E-state index in [2.05, 4.69) is 10.3 Å². The molecule has 1 aromatic rings. The van der Waals surface area contributed by atoms with Gasteiger partial charge >= 0.3 is 0 Å². The van der Waals surface area contributed by atoms with Gasteiger partial charge in [-0.05, 0) is 18.7 Å². The standard InChI is InChI=1S/C7H11N3/c1-9-4-6-2-3-7(8)10-5-6/h2-3,5,9H,4H2,1H3,(H2,8,10). The Bertz CT molecular complexity index is 193. The summed E-state index contributed by atoms with van der Waals surface area (Å²) < 4.78 is 0. The molecule has 0 amide bonds. The molecule has 0 fully saturated rings. The quantitative estimate of drug-likeness (QED) is 0.619. The topological polar surface area (TPSA) is 50.9 Å². The maximum Gasteiger partial charge on any atom is 0.123 e. The minimum atomic E-state index is 0.569. The summed E-state index contributed by atoms with van der Waals surface area (Å²) in [5, 5.41) is 3.02. The van der Waals surface area contributed by atoms with Crippen molar-refractivity contribution in [3.8, 4) is 0 Å². The van der Waals surface area contributed by atoms with Gasteiger partial charge in [0.15, 0.2) is 0 Å². The third kappa shape index (κ3) is 1.70. The SMILES string of the molecule is CNCc1ccc(N)nc1. The Hall–Kier alpha value is -1.09. The van der Waals surface area contributed by atoms with Crippen LogP contribution in [0.4, 0.5) is 5.82 Å². The van der Waals surface area contributed by atoms with Gasteiger partial charge in [0.05, 0.1) is 0 Å². The highest BCUT2D eigenvalue weighted by molar-refractivity contribution is 5.29. The fourth-order valence-electron chi connectivity index (χ4n) is 0.745. The summed E-state index contributed by atoms with van der Waals surface area (Å²) >= 11 is 0. The van der Waals surface area contributed by atoms with Crippen LogP contribution in [0.2, 0.25) is 0 Å². The Labute approximate surface area is 60.3 Å². The summed E-state index contributed by atoms with van der Waals surface area (Å²) in [5.41, 5.74) is 6.54. The Morgan fingerprint density at radius 2 is 2.40 bits per heavy atom. The summed E-state index contributed by atoms with van der Waals surface area (Å²) in [5.74, 6) is 0.569. The fraction of sp³-hybridized carbons (Fsp3) is 0.286. The molecule has 1 heterocycles. The van der Waals surface area contributed by atoms with Gasteiger partial charge < -0.3 is 11.1 Å². The largest absolute Gasteiger partial charge is 0.384 e. The average Bonchev–Trinajstić information content (AvgIpc) is 1.95. The van der Waals surface area contributed by atoms with E-state index in [0.717, 1.165) is 12.1 Å². The van der Waals surface area contributed by atoms with E-state index in [9.17, 15) is 0 Å². The van der Waals surface area contributed by atoms with Crippen LogP contribution < -0.4 is 11.1 Å². The molecule has 54 valence electrons. The molecule has 3 heteroatoms. The number of nitrogens with one attached hydrogen (secondary N) is 1. The lowest BCUT2D eigenvalue weighted by Gasteiger charge is -1.97. The number of hydrogen-bond acceptors (Lipinski definition) is 3. The summed E-state index contributed by atoms with van der Waals surface area (Å²) in [6.07, 6.45) is 1.77. The lowest BCUT2D eigenvalue weighted by molar-refractivity contribution is 0.814. The molecule has 0 unspecified atom stereocenters. The van der Waals surface area contributed by atoms with E-state index in [1.165, 1.54) is 0 Å². The van der Waals surface area contributed by atoms with Gasteiger partial charge in [-0.15, -0.1) is 0 Å².